The van der Waals surface area contributed by atoms with Crippen molar-refractivity contribution < 1.29 is 19.7 Å². The summed E-state index contributed by atoms with van der Waals surface area (Å²) in [5.41, 5.74) is 1.82. The minimum atomic E-state index is -0.775. The summed E-state index contributed by atoms with van der Waals surface area (Å²) in [4.78, 5) is 0. The van der Waals surface area contributed by atoms with E-state index in [1.165, 1.54) is 0 Å². The Morgan fingerprint density at radius 1 is 1.24 bits per heavy atom. The van der Waals surface area contributed by atoms with Crippen LogP contribution in [0, 0.1) is 6.92 Å². The Labute approximate surface area is 101 Å². The normalized spacial score (nSPS) is 12.1. The predicted molar refractivity (Wildman–Crippen MR) is 65.9 cm³/mol. The SMILES string of the molecule is COc1cc(C)c(NCC(O)CO)cc1OC. The number of anilines is 1. The molecule has 0 bridgehead atoms. The second kappa shape index (κ2) is 6.32. The topological polar surface area (TPSA) is 71.0 Å². The van der Waals surface area contributed by atoms with Crippen molar-refractivity contribution >= 4 is 5.69 Å². The summed E-state index contributed by atoms with van der Waals surface area (Å²) in [6, 6.07) is 3.66. The maximum Gasteiger partial charge on any atom is 0.162 e. The molecular weight excluding hydrogens is 222 g/mol. The van der Waals surface area contributed by atoms with Crippen LogP contribution < -0.4 is 14.8 Å². The van der Waals surface area contributed by atoms with Crippen molar-refractivity contribution in [3.63, 3.8) is 0 Å². The van der Waals surface area contributed by atoms with E-state index in [1.54, 1.807) is 20.3 Å². The average Bonchev–Trinajstić information content (AvgIpc) is 2.36. The van der Waals surface area contributed by atoms with Crippen LogP contribution in [0.3, 0.4) is 0 Å². The van der Waals surface area contributed by atoms with Crippen LogP contribution in [0.5, 0.6) is 11.5 Å². The molecule has 1 aromatic carbocycles. The molecule has 0 amide bonds. The van der Waals surface area contributed by atoms with Crippen LogP contribution in [-0.4, -0.2) is 43.7 Å². The van der Waals surface area contributed by atoms with Gasteiger partial charge in [0, 0.05) is 18.3 Å². The maximum atomic E-state index is 9.27. The molecule has 1 aromatic rings. The van der Waals surface area contributed by atoms with Gasteiger partial charge in [-0.2, -0.15) is 0 Å². The third kappa shape index (κ3) is 3.51. The van der Waals surface area contributed by atoms with E-state index >= 15 is 0 Å². The lowest BCUT2D eigenvalue weighted by atomic mass is 10.1. The van der Waals surface area contributed by atoms with E-state index in [9.17, 15) is 5.11 Å². The fourth-order valence-corrected chi connectivity index (χ4v) is 1.46. The van der Waals surface area contributed by atoms with Crippen LogP contribution in [-0.2, 0) is 0 Å². The van der Waals surface area contributed by atoms with Crippen molar-refractivity contribution in [3.8, 4) is 11.5 Å². The number of hydrogen-bond acceptors (Lipinski definition) is 5. The van der Waals surface area contributed by atoms with Crippen LogP contribution in [0.4, 0.5) is 5.69 Å². The molecule has 0 saturated heterocycles. The Morgan fingerprint density at radius 2 is 1.82 bits per heavy atom. The molecular formula is C12H19NO4. The molecule has 17 heavy (non-hydrogen) atoms. The lowest BCUT2D eigenvalue weighted by Crippen LogP contribution is -2.23. The minimum Gasteiger partial charge on any atom is -0.493 e. The van der Waals surface area contributed by atoms with Crippen molar-refractivity contribution in [2.45, 2.75) is 13.0 Å². The molecule has 0 aliphatic carbocycles. The van der Waals surface area contributed by atoms with Crippen LogP contribution in [0.25, 0.3) is 0 Å². The molecule has 0 heterocycles. The first-order chi connectivity index (χ1) is 8.12. The van der Waals surface area contributed by atoms with E-state index in [2.05, 4.69) is 5.32 Å². The second-order valence-electron chi connectivity index (χ2n) is 3.74. The molecule has 96 valence electrons. The van der Waals surface area contributed by atoms with Gasteiger partial charge in [-0.25, -0.2) is 0 Å². The smallest absolute Gasteiger partial charge is 0.162 e. The van der Waals surface area contributed by atoms with Gasteiger partial charge in [-0.05, 0) is 18.6 Å². The molecule has 1 atom stereocenters. The monoisotopic (exact) mass is 241 g/mol. The highest BCUT2D eigenvalue weighted by molar-refractivity contribution is 5.60. The van der Waals surface area contributed by atoms with Gasteiger partial charge in [0.1, 0.15) is 0 Å². The molecule has 3 N–H and O–H groups in total. The number of aryl methyl sites for hydroxylation is 1. The average molecular weight is 241 g/mol. The third-order valence-corrected chi connectivity index (χ3v) is 2.47. The summed E-state index contributed by atoms with van der Waals surface area (Å²) in [5, 5.41) is 21.0. The quantitative estimate of drug-likeness (QED) is 0.686. The van der Waals surface area contributed by atoms with Crippen molar-refractivity contribution in [2.24, 2.45) is 0 Å². The number of rotatable bonds is 6. The number of aliphatic hydroxyl groups is 2. The van der Waals surface area contributed by atoms with Gasteiger partial charge in [-0.3, -0.25) is 0 Å². The van der Waals surface area contributed by atoms with E-state index in [1.807, 2.05) is 13.0 Å². The molecule has 0 saturated carbocycles. The number of methoxy groups -OCH3 is 2. The molecule has 5 heteroatoms. The Balaban J connectivity index is 2.85. The van der Waals surface area contributed by atoms with E-state index in [0.29, 0.717) is 11.5 Å². The maximum absolute atomic E-state index is 9.27. The highest BCUT2D eigenvalue weighted by Gasteiger charge is 2.09. The first-order valence-electron chi connectivity index (χ1n) is 5.37. The zero-order valence-corrected chi connectivity index (χ0v) is 10.4. The standard InChI is InChI=1S/C12H19NO4/c1-8-4-11(16-2)12(17-3)5-10(8)13-6-9(15)7-14/h4-5,9,13-15H,6-7H2,1-3H3. The van der Waals surface area contributed by atoms with Crippen LogP contribution in [0.2, 0.25) is 0 Å². The van der Waals surface area contributed by atoms with E-state index in [0.717, 1.165) is 11.3 Å². The minimum absolute atomic E-state index is 0.265. The van der Waals surface area contributed by atoms with Crippen LogP contribution in [0.1, 0.15) is 5.56 Å². The lowest BCUT2D eigenvalue weighted by molar-refractivity contribution is 0.105. The fraction of sp³-hybridized carbons (Fsp3) is 0.500. The first kappa shape index (κ1) is 13.6. The summed E-state index contributed by atoms with van der Waals surface area (Å²) in [5.74, 6) is 1.29. The fourth-order valence-electron chi connectivity index (χ4n) is 1.46. The van der Waals surface area contributed by atoms with Crippen molar-refractivity contribution in [2.75, 3.05) is 32.7 Å². The lowest BCUT2D eigenvalue weighted by Gasteiger charge is -2.15. The number of nitrogens with one attached hydrogen (secondary N) is 1. The Hall–Kier alpha value is -1.46. The molecule has 0 spiro atoms. The molecule has 1 rings (SSSR count). The summed E-state index contributed by atoms with van der Waals surface area (Å²) >= 11 is 0. The number of benzene rings is 1. The van der Waals surface area contributed by atoms with E-state index in [4.69, 9.17) is 14.6 Å². The molecule has 5 nitrogen and oxygen atoms in total. The number of hydrogen-bond donors (Lipinski definition) is 3. The Kier molecular flexibility index (Phi) is 5.06. The highest BCUT2D eigenvalue weighted by atomic mass is 16.5. The van der Waals surface area contributed by atoms with Gasteiger partial charge in [-0.1, -0.05) is 0 Å². The highest BCUT2D eigenvalue weighted by Crippen LogP contribution is 2.32. The zero-order valence-electron chi connectivity index (χ0n) is 10.4. The molecule has 0 aromatic heterocycles. The molecule has 0 radical (unpaired) electrons. The van der Waals surface area contributed by atoms with Gasteiger partial charge in [0.15, 0.2) is 11.5 Å². The van der Waals surface area contributed by atoms with Gasteiger partial charge in [-0.15, -0.1) is 0 Å². The number of ether oxygens (including phenoxy) is 2. The summed E-state index contributed by atoms with van der Waals surface area (Å²) in [6.07, 6.45) is -0.775. The number of aliphatic hydroxyl groups excluding tert-OH is 2. The Bertz CT molecular complexity index is 368. The van der Waals surface area contributed by atoms with E-state index < -0.39 is 6.10 Å². The summed E-state index contributed by atoms with van der Waals surface area (Å²) < 4.78 is 10.4. The van der Waals surface area contributed by atoms with Crippen LogP contribution in [0.15, 0.2) is 12.1 Å². The van der Waals surface area contributed by atoms with E-state index in [-0.39, 0.29) is 13.2 Å². The third-order valence-electron chi connectivity index (χ3n) is 2.47. The summed E-state index contributed by atoms with van der Waals surface area (Å²) in [6.45, 7) is 1.95. The molecule has 1 unspecified atom stereocenters. The first-order valence-corrected chi connectivity index (χ1v) is 5.37. The molecule has 0 aliphatic rings. The van der Waals surface area contributed by atoms with Gasteiger partial charge in [0.25, 0.3) is 0 Å². The predicted octanol–water partition coefficient (Wildman–Crippen LogP) is 0.777. The zero-order chi connectivity index (χ0) is 12.8. The van der Waals surface area contributed by atoms with Crippen LogP contribution >= 0.6 is 0 Å². The van der Waals surface area contributed by atoms with Crippen molar-refractivity contribution in [1.29, 1.82) is 0 Å². The van der Waals surface area contributed by atoms with Crippen molar-refractivity contribution in [3.05, 3.63) is 17.7 Å². The second-order valence-corrected chi connectivity index (χ2v) is 3.74. The van der Waals surface area contributed by atoms with Gasteiger partial charge in [0.05, 0.1) is 26.9 Å². The Morgan fingerprint density at radius 3 is 2.35 bits per heavy atom. The summed E-state index contributed by atoms with van der Waals surface area (Å²) in [7, 11) is 3.15. The largest absolute Gasteiger partial charge is 0.493 e. The van der Waals surface area contributed by atoms with Crippen molar-refractivity contribution in [1.82, 2.24) is 0 Å². The van der Waals surface area contributed by atoms with Gasteiger partial charge in [0.2, 0.25) is 0 Å². The van der Waals surface area contributed by atoms with Gasteiger partial charge < -0.3 is 25.0 Å². The molecule has 0 aliphatic heterocycles. The molecule has 0 fully saturated rings. The van der Waals surface area contributed by atoms with Gasteiger partial charge >= 0.3 is 0 Å².